The summed E-state index contributed by atoms with van der Waals surface area (Å²) in [5.41, 5.74) is 2.22. The molecule has 4 rings (SSSR count). The van der Waals surface area contributed by atoms with Crippen molar-refractivity contribution in [2.75, 3.05) is 27.2 Å². The molecule has 9 nitrogen and oxygen atoms in total. The molecule has 3 aromatic rings. The van der Waals surface area contributed by atoms with E-state index in [1.807, 2.05) is 24.3 Å². The van der Waals surface area contributed by atoms with Crippen molar-refractivity contribution in [1.29, 1.82) is 0 Å². The van der Waals surface area contributed by atoms with Crippen LogP contribution >= 0.6 is 0 Å². The summed E-state index contributed by atoms with van der Waals surface area (Å²) in [6, 6.07) is 12.2. The fourth-order valence-electron chi connectivity index (χ4n) is 4.19. The minimum atomic E-state index is -3.94. The first-order valence-electron chi connectivity index (χ1n) is 12.1. The van der Waals surface area contributed by atoms with Crippen LogP contribution in [0, 0.1) is 0 Å². The molecule has 192 valence electrons. The summed E-state index contributed by atoms with van der Waals surface area (Å²) in [6.45, 7) is 5.43. The van der Waals surface area contributed by atoms with Crippen molar-refractivity contribution in [3.63, 3.8) is 0 Å². The van der Waals surface area contributed by atoms with Crippen LogP contribution < -0.4 is 4.74 Å². The molecule has 0 bridgehead atoms. The third kappa shape index (κ3) is 5.44. The minimum Gasteiger partial charge on any atom is -0.496 e. The molecule has 36 heavy (non-hydrogen) atoms. The number of amides is 1. The van der Waals surface area contributed by atoms with Crippen molar-refractivity contribution in [2.45, 2.75) is 50.5 Å². The number of hydrogen-bond donors (Lipinski definition) is 0. The molecular weight excluding hydrogens is 480 g/mol. The van der Waals surface area contributed by atoms with Gasteiger partial charge in [0.15, 0.2) is 0 Å². The highest BCUT2D eigenvalue weighted by Gasteiger charge is 2.28. The number of carbonyl (C=O) groups excluding carboxylic acids is 1. The molecule has 0 radical (unpaired) electrons. The van der Waals surface area contributed by atoms with Gasteiger partial charge in [-0.15, -0.1) is 0 Å². The van der Waals surface area contributed by atoms with Gasteiger partial charge in [-0.25, -0.2) is 8.42 Å². The monoisotopic (exact) mass is 512 g/mol. The first kappa shape index (κ1) is 25.8. The highest BCUT2D eigenvalue weighted by atomic mass is 32.2. The van der Waals surface area contributed by atoms with Crippen LogP contribution in [0.3, 0.4) is 0 Å². The van der Waals surface area contributed by atoms with Gasteiger partial charge in [-0.3, -0.25) is 4.79 Å². The Morgan fingerprint density at radius 3 is 2.44 bits per heavy atom. The Balaban J connectivity index is 1.53. The third-order valence-corrected chi connectivity index (χ3v) is 8.21. The number of benzene rings is 2. The summed E-state index contributed by atoms with van der Waals surface area (Å²) in [5, 5.41) is 4.01. The number of aromatic nitrogens is 2. The van der Waals surface area contributed by atoms with Gasteiger partial charge in [0.25, 0.3) is 5.91 Å². The molecule has 1 aliphatic rings. The minimum absolute atomic E-state index is 0.00447. The first-order chi connectivity index (χ1) is 17.2. The Bertz CT molecular complexity index is 1310. The number of ether oxygens (including phenoxy) is 1. The van der Waals surface area contributed by atoms with Gasteiger partial charge in [-0.2, -0.15) is 9.29 Å². The van der Waals surface area contributed by atoms with Crippen LogP contribution in [-0.2, 0) is 16.6 Å². The van der Waals surface area contributed by atoms with Crippen LogP contribution in [0.1, 0.15) is 60.8 Å². The lowest BCUT2D eigenvalue weighted by Gasteiger charge is -2.27. The van der Waals surface area contributed by atoms with Gasteiger partial charge < -0.3 is 14.2 Å². The zero-order valence-electron chi connectivity index (χ0n) is 21.1. The van der Waals surface area contributed by atoms with Crippen LogP contribution in [0.5, 0.6) is 5.75 Å². The molecule has 10 heteroatoms. The molecule has 0 unspecified atom stereocenters. The molecule has 1 fully saturated rings. The largest absolute Gasteiger partial charge is 0.496 e. The molecule has 0 atom stereocenters. The quantitative estimate of drug-likeness (QED) is 0.443. The zero-order valence-corrected chi connectivity index (χ0v) is 21.9. The maximum absolute atomic E-state index is 13.3. The average Bonchev–Trinajstić information content (AvgIpc) is 3.36. The second kappa shape index (κ2) is 10.8. The Labute approximate surface area is 212 Å². The van der Waals surface area contributed by atoms with Gasteiger partial charge in [0.1, 0.15) is 5.75 Å². The maximum atomic E-state index is 13.3. The second-order valence-electron chi connectivity index (χ2n) is 9.26. The van der Waals surface area contributed by atoms with Crippen LogP contribution in [0.25, 0.3) is 11.4 Å². The number of rotatable bonds is 8. The lowest BCUT2D eigenvalue weighted by atomic mass is 10.0. The van der Waals surface area contributed by atoms with E-state index in [-0.39, 0.29) is 28.8 Å². The van der Waals surface area contributed by atoms with Gasteiger partial charge >= 0.3 is 0 Å². The molecule has 2 heterocycles. The van der Waals surface area contributed by atoms with E-state index in [2.05, 4.69) is 24.0 Å². The van der Waals surface area contributed by atoms with Crippen LogP contribution in [0.15, 0.2) is 51.9 Å². The number of piperidine rings is 1. The highest BCUT2D eigenvalue weighted by Crippen LogP contribution is 2.27. The number of nitrogens with zero attached hydrogens (tertiary/aromatic N) is 4. The summed E-state index contributed by atoms with van der Waals surface area (Å²) in [6.07, 6.45) is 2.95. The van der Waals surface area contributed by atoms with E-state index in [9.17, 15) is 13.2 Å². The fraction of sp³-hybridized carbons (Fsp3) is 0.423. The van der Waals surface area contributed by atoms with Crippen LogP contribution in [0.4, 0.5) is 0 Å². The molecule has 0 aliphatic carbocycles. The summed E-state index contributed by atoms with van der Waals surface area (Å²) >= 11 is 0. The number of hydrogen-bond acceptors (Lipinski definition) is 7. The van der Waals surface area contributed by atoms with Gasteiger partial charge in [0.05, 0.1) is 24.1 Å². The Hall–Kier alpha value is -3.24. The molecule has 1 aromatic heterocycles. The van der Waals surface area contributed by atoms with Crippen molar-refractivity contribution in [2.24, 2.45) is 0 Å². The molecule has 1 aliphatic heterocycles. The van der Waals surface area contributed by atoms with E-state index in [0.29, 0.717) is 30.6 Å². The topological polar surface area (TPSA) is 106 Å². The standard InChI is InChI=1S/C26H32N4O5S/c1-18(2)19-8-10-20(11-9-19)25-27-24(35-28-25)17-29(3)36(32,33)21-12-13-23(34-4)22(16-21)26(31)30-14-6-5-7-15-30/h8-13,16,18H,5-7,14-15,17H2,1-4H3. The van der Waals surface area contributed by atoms with E-state index >= 15 is 0 Å². The van der Waals surface area contributed by atoms with Gasteiger partial charge in [0.2, 0.25) is 21.7 Å². The van der Waals surface area contributed by atoms with Gasteiger partial charge in [-0.1, -0.05) is 43.3 Å². The molecule has 1 saturated heterocycles. The third-order valence-electron chi connectivity index (χ3n) is 6.41. The molecule has 0 saturated carbocycles. The predicted octanol–water partition coefficient (Wildman–Crippen LogP) is 4.32. The zero-order chi connectivity index (χ0) is 25.9. The number of likely N-dealkylation sites (tertiary alicyclic amines) is 1. The van der Waals surface area contributed by atoms with E-state index in [4.69, 9.17) is 9.26 Å². The van der Waals surface area contributed by atoms with Crippen LogP contribution in [0.2, 0.25) is 0 Å². The van der Waals surface area contributed by atoms with Crippen molar-refractivity contribution in [3.8, 4) is 17.1 Å². The van der Waals surface area contributed by atoms with Crippen molar-refractivity contribution in [1.82, 2.24) is 19.3 Å². The highest BCUT2D eigenvalue weighted by molar-refractivity contribution is 7.89. The predicted molar refractivity (Wildman–Crippen MR) is 135 cm³/mol. The number of sulfonamides is 1. The van der Waals surface area contributed by atoms with Crippen LogP contribution in [-0.4, -0.2) is 60.9 Å². The molecule has 0 N–H and O–H groups in total. The second-order valence-corrected chi connectivity index (χ2v) is 11.3. The maximum Gasteiger partial charge on any atom is 0.257 e. The Morgan fingerprint density at radius 2 is 1.81 bits per heavy atom. The number of methoxy groups -OCH3 is 1. The summed E-state index contributed by atoms with van der Waals surface area (Å²) in [4.78, 5) is 19.2. The lowest BCUT2D eigenvalue weighted by molar-refractivity contribution is 0.0720. The first-order valence-corrected chi connectivity index (χ1v) is 13.5. The van der Waals surface area contributed by atoms with E-state index in [1.165, 1.54) is 37.9 Å². The Kier molecular flexibility index (Phi) is 7.75. The Morgan fingerprint density at radius 1 is 1.11 bits per heavy atom. The van der Waals surface area contributed by atoms with Gasteiger partial charge in [-0.05, 0) is 48.9 Å². The fourth-order valence-corrected chi connectivity index (χ4v) is 5.34. The summed E-state index contributed by atoms with van der Waals surface area (Å²) < 4.78 is 38.5. The molecule has 1 amide bonds. The van der Waals surface area contributed by atoms with E-state index in [1.54, 1.807) is 4.90 Å². The van der Waals surface area contributed by atoms with Gasteiger partial charge in [0, 0.05) is 25.7 Å². The lowest BCUT2D eigenvalue weighted by Crippen LogP contribution is -2.36. The van der Waals surface area contributed by atoms with Crippen molar-refractivity contribution in [3.05, 3.63) is 59.5 Å². The van der Waals surface area contributed by atoms with Crippen molar-refractivity contribution >= 4 is 15.9 Å². The average molecular weight is 513 g/mol. The normalized spacial score (nSPS) is 14.4. The summed E-state index contributed by atoms with van der Waals surface area (Å²) in [5.74, 6) is 1.09. The van der Waals surface area contributed by atoms with E-state index < -0.39 is 10.0 Å². The number of carbonyl (C=O) groups is 1. The molecular formula is C26H32N4O5S. The molecule has 0 spiro atoms. The van der Waals surface area contributed by atoms with Crippen molar-refractivity contribution < 1.29 is 22.5 Å². The van der Waals surface area contributed by atoms with E-state index in [0.717, 1.165) is 29.1 Å². The smallest absolute Gasteiger partial charge is 0.257 e. The SMILES string of the molecule is COc1ccc(S(=O)(=O)N(C)Cc2nc(-c3ccc(C(C)C)cc3)no2)cc1C(=O)N1CCCCC1. The summed E-state index contributed by atoms with van der Waals surface area (Å²) in [7, 11) is -1.04. The molecule has 2 aromatic carbocycles.